The molecule has 1 aromatic rings. The molecule has 1 rings (SSSR count). The van der Waals surface area contributed by atoms with Crippen LogP contribution in [0.3, 0.4) is 0 Å². The van der Waals surface area contributed by atoms with E-state index in [-0.39, 0.29) is 0 Å². The summed E-state index contributed by atoms with van der Waals surface area (Å²) in [5, 5.41) is 0. The standard InChI is InChI=1S/C12H19BrN2S/c1-9-7-11(13)8-14-12(9)15(3)10(2)5-6-16-4/h7-8,10H,5-6H2,1-4H3. The number of aryl methyl sites for hydroxylation is 1. The van der Waals surface area contributed by atoms with Gasteiger partial charge in [-0.1, -0.05) is 0 Å². The van der Waals surface area contributed by atoms with Gasteiger partial charge in [-0.05, 0) is 59.8 Å². The lowest BCUT2D eigenvalue weighted by atomic mass is 10.2. The van der Waals surface area contributed by atoms with Crippen molar-refractivity contribution in [3.05, 3.63) is 22.3 Å². The normalized spacial score (nSPS) is 12.6. The van der Waals surface area contributed by atoms with Gasteiger partial charge in [0.05, 0.1) is 0 Å². The lowest BCUT2D eigenvalue weighted by molar-refractivity contribution is 0.660. The molecular formula is C12H19BrN2S. The fourth-order valence-corrected chi connectivity index (χ4v) is 2.62. The molecule has 1 aromatic heterocycles. The molecule has 0 amide bonds. The molecule has 1 heterocycles. The van der Waals surface area contributed by atoms with Crippen LogP contribution in [0.5, 0.6) is 0 Å². The van der Waals surface area contributed by atoms with Gasteiger partial charge in [0.2, 0.25) is 0 Å². The number of aromatic nitrogens is 1. The van der Waals surface area contributed by atoms with Crippen molar-refractivity contribution in [3.63, 3.8) is 0 Å². The summed E-state index contributed by atoms with van der Waals surface area (Å²) >= 11 is 5.33. The van der Waals surface area contributed by atoms with Crippen LogP contribution in [0.4, 0.5) is 5.82 Å². The van der Waals surface area contributed by atoms with Crippen LogP contribution in [0.2, 0.25) is 0 Å². The van der Waals surface area contributed by atoms with E-state index in [0.29, 0.717) is 6.04 Å². The van der Waals surface area contributed by atoms with Gasteiger partial charge >= 0.3 is 0 Å². The second-order valence-corrected chi connectivity index (χ2v) is 5.94. The van der Waals surface area contributed by atoms with Crippen molar-refractivity contribution in [2.45, 2.75) is 26.3 Å². The predicted octanol–water partition coefficient (Wildman–Crippen LogP) is 3.73. The first-order chi connectivity index (χ1) is 7.56. The monoisotopic (exact) mass is 302 g/mol. The Labute approximate surface area is 111 Å². The fraction of sp³-hybridized carbons (Fsp3) is 0.583. The highest BCUT2D eigenvalue weighted by Gasteiger charge is 2.12. The van der Waals surface area contributed by atoms with Gasteiger partial charge in [0.1, 0.15) is 5.82 Å². The van der Waals surface area contributed by atoms with Gasteiger partial charge in [0, 0.05) is 23.8 Å². The molecule has 0 N–H and O–H groups in total. The highest BCUT2D eigenvalue weighted by Crippen LogP contribution is 2.22. The Bertz CT molecular complexity index is 344. The van der Waals surface area contributed by atoms with Crippen molar-refractivity contribution in [2.24, 2.45) is 0 Å². The molecule has 0 bridgehead atoms. The third-order valence-electron chi connectivity index (χ3n) is 2.75. The van der Waals surface area contributed by atoms with E-state index in [1.54, 1.807) is 0 Å². The number of hydrogen-bond donors (Lipinski definition) is 0. The zero-order valence-corrected chi connectivity index (χ0v) is 12.7. The zero-order chi connectivity index (χ0) is 12.1. The summed E-state index contributed by atoms with van der Waals surface area (Å²) < 4.78 is 1.04. The molecule has 1 unspecified atom stereocenters. The van der Waals surface area contributed by atoms with Crippen LogP contribution in [0.25, 0.3) is 0 Å². The number of nitrogens with zero attached hydrogens (tertiary/aromatic N) is 2. The number of halogens is 1. The predicted molar refractivity (Wildman–Crippen MR) is 77.5 cm³/mol. The molecule has 90 valence electrons. The molecule has 0 aliphatic carbocycles. The maximum absolute atomic E-state index is 4.48. The van der Waals surface area contributed by atoms with Gasteiger partial charge in [0.15, 0.2) is 0 Å². The zero-order valence-electron chi connectivity index (χ0n) is 10.3. The first-order valence-corrected chi connectivity index (χ1v) is 7.59. The van der Waals surface area contributed by atoms with Gasteiger partial charge in [-0.15, -0.1) is 0 Å². The third-order valence-corrected chi connectivity index (χ3v) is 3.83. The summed E-state index contributed by atoms with van der Waals surface area (Å²) in [7, 11) is 2.12. The first-order valence-electron chi connectivity index (χ1n) is 5.40. The minimum atomic E-state index is 0.528. The van der Waals surface area contributed by atoms with Crippen molar-refractivity contribution in [1.82, 2.24) is 4.98 Å². The molecule has 0 spiro atoms. The largest absolute Gasteiger partial charge is 0.357 e. The Hall–Kier alpha value is -0.220. The third kappa shape index (κ3) is 3.67. The first kappa shape index (κ1) is 13.8. The summed E-state index contributed by atoms with van der Waals surface area (Å²) in [6.45, 7) is 4.35. The number of rotatable bonds is 5. The van der Waals surface area contributed by atoms with Gasteiger partial charge in [-0.25, -0.2) is 4.98 Å². The van der Waals surface area contributed by atoms with Crippen LogP contribution >= 0.6 is 27.7 Å². The molecule has 0 aliphatic heterocycles. The Morgan fingerprint density at radius 2 is 2.25 bits per heavy atom. The maximum atomic E-state index is 4.48. The lowest BCUT2D eigenvalue weighted by Gasteiger charge is -2.27. The molecule has 0 saturated carbocycles. The second kappa shape index (κ2) is 6.50. The van der Waals surface area contributed by atoms with Crippen LogP contribution in [-0.2, 0) is 0 Å². The maximum Gasteiger partial charge on any atom is 0.131 e. The highest BCUT2D eigenvalue weighted by atomic mass is 79.9. The molecule has 0 radical (unpaired) electrons. The minimum Gasteiger partial charge on any atom is -0.357 e. The Morgan fingerprint density at radius 3 is 2.81 bits per heavy atom. The van der Waals surface area contributed by atoms with E-state index < -0.39 is 0 Å². The van der Waals surface area contributed by atoms with Crippen molar-refractivity contribution < 1.29 is 0 Å². The van der Waals surface area contributed by atoms with Gasteiger partial charge in [-0.2, -0.15) is 11.8 Å². The Kier molecular flexibility index (Phi) is 5.62. The second-order valence-electron chi connectivity index (χ2n) is 4.04. The molecule has 0 aromatic carbocycles. The molecule has 4 heteroatoms. The van der Waals surface area contributed by atoms with E-state index in [2.05, 4.69) is 59.0 Å². The van der Waals surface area contributed by atoms with Crippen molar-refractivity contribution in [1.29, 1.82) is 0 Å². The average molecular weight is 303 g/mol. The van der Waals surface area contributed by atoms with E-state index in [0.717, 1.165) is 10.3 Å². The molecule has 2 nitrogen and oxygen atoms in total. The SMILES string of the molecule is CSCCC(C)N(C)c1ncc(Br)cc1C. The van der Waals surface area contributed by atoms with Crippen LogP contribution in [0, 0.1) is 6.92 Å². The summed E-state index contributed by atoms with van der Waals surface area (Å²) in [5.41, 5.74) is 1.22. The molecule has 0 aliphatic rings. The molecule has 1 atom stereocenters. The summed E-state index contributed by atoms with van der Waals surface area (Å²) in [6, 6.07) is 2.64. The molecular weight excluding hydrogens is 284 g/mol. The summed E-state index contributed by atoms with van der Waals surface area (Å²) in [6.07, 6.45) is 5.20. The number of anilines is 1. The Balaban J connectivity index is 2.75. The van der Waals surface area contributed by atoms with Crippen LogP contribution in [0.1, 0.15) is 18.9 Å². The van der Waals surface area contributed by atoms with Crippen molar-refractivity contribution in [2.75, 3.05) is 24.0 Å². The van der Waals surface area contributed by atoms with Crippen LogP contribution in [-0.4, -0.2) is 30.1 Å². The van der Waals surface area contributed by atoms with E-state index in [9.17, 15) is 0 Å². The highest BCUT2D eigenvalue weighted by molar-refractivity contribution is 9.10. The Morgan fingerprint density at radius 1 is 1.56 bits per heavy atom. The quantitative estimate of drug-likeness (QED) is 0.824. The fourth-order valence-electron chi connectivity index (χ4n) is 1.59. The molecule has 0 fully saturated rings. The van der Waals surface area contributed by atoms with Crippen LogP contribution in [0.15, 0.2) is 16.7 Å². The summed E-state index contributed by atoms with van der Waals surface area (Å²) in [4.78, 5) is 6.74. The lowest BCUT2D eigenvalue weighted by Crippen LogP contribution is -2.30. The smallest absolute Gasteiger partial charge is 0.131 e. The van der Waals surface area contributed by atoms with E-state index in [4.69, 9.17) is 0 Å². The topological polar surface area (TPSA) is 16.1 Å². The number of hydrogen-bond acceptors (Lipinski definition) is 3. The van der Waals surface area contributed by atoms with E-state index in [1.165, 1.54) is 17.7 Å². The molecule has 16 heavy (non-hydrogen) atoms. The van der Waals surface area contributed by atoms with E-state index >= 15 is 0 Å². The van der Waals surface area contributed by atoms with Gasteiger partial charge in [0.25, 0.3) is 0 Å². The van der Waals surface area contributed by atoms with Gasteiger partial charge < -0.3 is 4.90 Å². The van der Waals surface area contributed by atoms with Crippen LogP contribution < -0.4 is 4.90 Å². The average Bonchev–Trinajstić information content (AvgIpc) is 2.25. The molecule has 0 saturated heterocycles. The number of thioether (sulfide) groups is 1. The number of pyridine rings is 1. The van der Waals surface area contributed by atoms with E-state index in [1.807, 2.05) is 18.0 Å². The van der Waals surface area contributed by atoms with Gasteiger partial charge in [-0.3, -0.25) is 0 Å². The van der Waals surface area contributed by atoms with Crippen molar-refractivity contribution in [3.8, 4) is 0 Å². The summed E-state index contributed by atoms with van der Waals surface area (Å²) in [5.74, 6) is 2.28. The minimum absolute atomic E-state index is 0.528. The van der Waals surface area contributed by atoms with Crippen molar-refractivity contribution >= 4 is 33.5 Å².